The van der Waals surface area contributed by atoms with E-state index in [0.29, 0.717) is 19.7 Å². The number of esters is 1. The van der Waals surface area contributed by atoms with Crippen molar-refractivity contribution in [3.05, 3.63) is 12.7 Å². The van der Waals surface area contributed by atoms with Crippen LogP contribution < -0.4 is 0 Å². The van der Waals surface area contributed by atoms with Gasteiger partial charge in [0.05, 0.1) is 18.8 Å². The fourth-order valence-corrected chi connectivity index (χ4v) is 2.54. The predicted molar refractivity (Wildman–Crippen MR) is 71.3 cm³/mol. The van der Waals surface area contributed by atoms with Gasteiger partial charge in [-0.25, -0.2) is 0 Å². The molecule has 0 saturated heterocycles. The van der Waals surface area contributed by atoms with Gasteiger partial charge in [-0.05, 0) is 19.8 Å². The van der Waals surface area contributed by atoms with Crippen LogP contribution in [0.4, 0.5) is 0 Å². The zero-order valence-electron chi connectivity index (χ0n) is 11.4. The van der Waals surface area contributed by atoms with Gasteiger partial charge in [-0.15, -0.1) is 6.58 Å². The highest BCUT2D eigenvalue weighted by molar-refractivity contribution is 5.71. The number of nitrogens with zero attached hydrogens (tertiary/aromatic N) is 1. The summed E-state index contributed by atoms with van der Waals surface area (Å²) in [6, 6.07) is 0. The Hall–Kier alpha value is -0.870. The monoisotopic (exact) mass is 255 g/mol. The summed E-state index contributed by atoms with van der Waals surface area (Å²) in [4.78, 5) is 13.4. The summed E-state index contributed by atoms with van der Waals surface area (Å²) in [5.74, 6) is -0.237. The van der Waals surface area contributed by atoms with Crippen molar-refractivity contribution in [2.24, 2.45) is 0 Å². The number of hydrogen-bond donors (Lipinski definition) is 1. The van der Waals surface area contributed by atoms with E-state index in [-0.39, 0.29) is 12.5 Å². The van der Waals surface area contributed by atoms with E-state index in [1.165, 1.54) is 6.42 Å². The van der Waals surface area contributed by atoms with E-state index < -0.39 is 5.60 Å². The molecule has 1 aliphatic carbocycles. The van der Waals surface area contributed by atoms with Gasteiger partial charge in [0.15, 0.2) is 0 Å². The van der Waals surface area contributed by atoms with Crippen molar-refractivity contribution in [2.45, 2.75) is 44.6 Å². The molecule has 1 N–H and O–H groups in total. The van der Waals surface area contributed by atoms with Crippen LogP contribution in [0.15, 0.2) is 12.7 Å². The summed E-state index contributed by atoms with van der Waals surface area (Å²) in [5.41, 5.74) is -0.645. The zero-order chi connectivity index (χ0) is 13.4. The highest BCUT2D eigenvalue weighted by Crippen LogP contribution is 2.28. The number of hydrogen-bond acceptors (Lipinski definition) is 4. The van der Waals surface area contributed by atoms with E-state index in [9.17, 15) is 9.90 Å². The van der Waals surface area contributed by atoms with Crippen molar-refractivity contribution in [3.8, 4) is 0 Å². The summed E-state index contributed by atoms with van der Waals surface area (Å²) < 4.78 is 4.94. The fourth-order valence-electron chi connectivity index (χ4n) is 2.54. The minimum absolute atomic E-state index is 0.224. The molecule has 0 amide bonds. The summed E-state index contributed by atoms with van der Waals surface area (Å²) in [6.45, 7) is 7.23. The number of aliphatic hydroxyl groups is 1. The molecular formula is C14H25NO3. The van der Waals surface area contributed by atoms with Crippen molar-refractivity contribution in [2.75, 3.05) is 26.2 Å². The molecule has 0 heterocycles. The quantitative estimate of drug-likeness (QED) is 0.556. The molecule has 0 unspecified atom stereocenters. The van der Waals surface area contributed by atoms with Crippen LogP contribution in [0.25, 0.3) is 0 Å². The molecule has 0 atom stereocenters. The average Bonchev–Trinajstić information content (AvgIpc) is 2.29. The van der Waals surface area contributed by atoms with Crippen LogP contribution >= 0.6 is 0 Å². The van der Waals surface area contributed by atoms with Crippen molar-refractivity contribution in [1.29, 1.82) is 0 Å². The molecule has 0 aromatic rings. The van der Waals surface area contributed by atoms with Gasteiger partial charge in [0, 0.05) is 13.1 Å². The third-order valence-corrected chi connectivity index (χ3v) is 3.35. The molecule has 0 spiro atoms. The van der Waals surface area contributed by atoms with Crippen LogP contribution in [-0.2, 0) is 9.53 Å². The second-order valence-electron chi connectivity index (χ2n) is 5.05. The lowest BCUT2D eigenvalue weighted by molar-refractivity contribution is -0.145. The molecule has 1 saturated carbocycles. The number of ether oxygens (including phenoxy) is 1. The molecule has 1 aliphatic rings. The summed E-state index contributed by atoms with van der Waals surface area (Å²) in [5, 5.41) is 10.5. The molecule has 4 heteroatoms. The van der Waals surface area contributed by atoms with Gasteiger partial charge in [-0.1, -0.05) is 25.3 Å². The van der Waals surface area contributed by atoms with Crippen LogP contribution in [0.1, 0.15) is 39.0 Å². The minimum atomic E-state index is -0.645. The van der Waals surface area contributed by atoms with Gasteiger partial charge in [0.2, 0.25) is 0 Å². The first-order valence-electron chi connectivity index (χ1n) is 6.81. The Balaban J connectivity index is 2.50. The van der Waals surface area contributed by atoms with Gasteiger partial charge < -0.3 is 9.84 Å². The standard InChI is InChI=1S/C14H25NO3/c1-3-10-15(11-13(16)18-4-2)12-14(17)8-6-5-7-9-14/h3,17H,1,4-12H2,2H3. The maximum Gasteiger partial charge on any atom is 0.320 e. The van der Waals surface area contributed by atoms with Crippen molar-refractivity contribution < 1.29 is 14.6 Å². The maximum absolute atomic E-state index is 11.5. The average molecular weight is 255 g/mol. The Labute approximate surface area is 110 Å². The lowest BCUT2D eigenvalue weighted by Crippen LogP contribution is -2.46. The van der Waals surface area contributed by atoms with Gasteiger partial charge in [0.1, 0.15) is 0 Å². The van der Waals surface area contributed by atoms with E-state index in [2.05, 4.69) is 6.58 Å². The Kier molecular flexibility index (Phi) is 6.36. The van der Waals surface area contributed by atoms with Crippen molar-refractivity contribution in [1.82, 2.24) is 4.90 Å². The normalized spacial score (nSPS) is 18.6. The van der Waals surface area contributed by atoms with Crippen LogP contribution in [0.5, 0.6) is 0 Å². The van der Waals surface area contributed by atoms with Crippen LogP contribution in [-0.4, -0.2) is 47.8 Å². The lowest BCUT2D eigenvalue weighted by Gasteiger charge is -2.36. The van der Waals surface area contributed by atoms with E-state index in [0.717, 1.165) is 25.7 Å². The molecule has 1 rings (SSSR count). The molecule has 104 valence electrons. The molecular weight excluding hydrogens is 230 g/mol. The first-order valence-corrected chi connectivity index (χ1v) is 6.81. The first kappa shape index (κ1) is 15.2. The second kappa shape index (κ2) is 7.54. The third kappa shape index (κ3) is 5.19. The maximum atomic E-state index is 11.5. The number of carbonyl (C=O) groups excluding carboxylic acids is 1. The molecule has 0 aromatic heterocycles. The molecule has 0 radical (unpaired) electrons. The Morgan fingerprint density at radius 2 is 2.11 bits per heavy atom. The SMILES string of the molecule is C=CCN(CC(=O)OCC)CC1(O)CCCCC1. The summed E-state index contributed by atoms with van der Waals surface area (Å²) in [6.07, 6.45) is 6.73. The van der Waals surface area contributed by atoms with Crippen LogP contribution in [0, 0.1) is 0 Å². The second-order valence-corrected chi connectivity index (χ2v) is 5.05. The molecule has 0 bridgehead atoms. The van der Waals surface area contributed by atoms with Crippen molar-refractivity contribution >= 4 is 5.97 Å². The molecule has 0 aliphatic heterocycles. The summed E-state index contributed by atoms with van der Waals surface area (Å²) in [7, 11) is 0. The highest BCUT2D eigenvalue weighted by Gasteiger charge is 2.31. The van der Waals surface area contributed by atoms with E-state index in [1.807, 2.05) is 4.90 Å². The van der Waals surface area contributed by atoms with E-state index in [1.54, 1.807) is 13.0 Å². The van der Waals surface area contributed by atoms with Gasteiger partial charge >= 0.3 is 5.97 Å². The Morgan fingerprint density at radius 3 is 2.67 bits per heavy atom. The predicted octanol–water partition coefficient (Wildman–Crippen LogP) is 1.73. The van der Waals surface area contributed by atoms with Crippen LogP contribution in [0.2, 0.25) is 0 Å². The third-order valence-electron chi connectivity index (χ3n) is 3.35. The fraction of sp³-hybridized carbons (Fsp3) is 0.786. The van der Waals surface area contributed by atoms with Crippen molar-refractivity contribution in [3.63, 3.8) is 0 Å². The molecule has 0 aromatic carbocycles. The smallest absolute Gasteiger partial charge is 0.320 e. The first-order chi connectivity index (χ1) is 8.59. The Bertz CT molecular complexity index is 272. The molecule has 18 heavy (non-hydrogen) atoms. The van der Waals surface area contributed by atoms with E-state index >= 15 is 0 Å². The Morgan fingerprint density at radius 1 is 1.44 bits per heavy atom. The topological polar surface area (TPSA) is 49.8 Å². The molecule has 4 nitrogen and oxygen atoms in total. The van der Waals surface area contributed by atoms with E-state index in [4.69, 9.17) is 4.74 Å². The minimum Gasteiger partial charge on any atom is -0.465 e. The lowest BCUT2D eigenvalue weighted by atomic mass is 9.84. The highest BCUT2D eigenvalue weighted by atomic mass is 16.5. The van der Waals surface area contributed by atoms with Gasteiger partial charge in [-0.2, -0.15) is 0 Å². The summed E-state index contributed by atoms with van der Waals surface area (Å²) >= 11 is 0. The largest absolute Gasteiger partial charge is 0.465 e. The van der Waals surface area contributed by atoms with Gasteiger partial charge in [0.25, 0.3) is 0 Å². The number of rotatable bonds is 7. The van der Waals surface area contributed by atoms with Crippen LogP contribution in [0.3, 0.4) is 0 Å². The van der Waals surface area contributed by atoms with Gasteiger partial charge in [-0.3, -0.25) is 9.69 Å². The number of carbonyl (C=O) groups is 1. The zero-order valence-corrected chi connectivity index (χ0v) is 11.4. The molecule has 1 fully saturated rings.